The number of hydrogen-bond acceptors (Lipinski definition) is 4. The third kappa shape index (κ3) is 6.36. The molecule has 0 bridgehead atoms. The second kappa shape index (κ2) is 8.86. The van der Waals surface area contributed by atoms with Crippen molar-refractivity contribution in [2.75, 3.05) is 39.9 Å². The molecule has 1 aliphatic rings. The van der Waals surface area contributed by atoms with E-state index in [0.29, 0.717) is 12.6 Å². The van der Waals surface area contributed by atoms with Gasteiger partial charge in [-0.1, -0.05) is 0 Å². The van der Waals surface area contributed by atoms with Crippen LogP contribution in [0, 0.1) is 0 Å². The predicted octanol–water partition coefficient (Wildman–Crippen LogP) is 1.24. The van der Waals surface area contributed by atoms with Crippen LogP contribution in [0.5, 0.6) is 0 Å². The van der Waals surface area contributed by atoms with Gasteiger partial charge in [-0.15, -0.1) is 0 Å². The minimum Gasteiger partial charge on any atom is -0.377 e. The summed E-state index contributed by atoms with van der Waals surface area (Å²) < 4.78 is 11.3. The zero-order chi connectivity index (χ0) is 12.5. The average Bonchev–Trinajstić information content (AvgIpc) is 2.35. The Morgan fingerprint density at radius 3 is 2.88 bits per heavy atom. The molecular weight excluding hydrogens is 216 g/mol. The SMILES string of the molecule is CCOC(CN)CCN(C)CC1CCCCO1. The standard InChI is InChI=1S/C13H28N2O2/c1-3-16-12(10-14)7-8-15(2)11-13-6-4-5-9-17-13/h12-13H,3-11,14H2,1-2H3. The van der Waals surface area contributed by atoms with Crippen LogP contribution in [0.25, 0.3) is 0 Å². The van der Waals surface area contributed by atoms with Gasteiger partial charge in [0.25, 0.3) is 0 Å². The number of nitrogens with zero attached hydrogens (tertiary/aromatic N) is 1. The van der Waals surface area contributed by atoms with Gasteiger partial charge in [0.15, 0.2) is 0 Å². The van der Waals surface area contributed by atoms with Crippen LogP contribution in [0.2, 0.25) is 0 Å². The van der Waals surface area contributed by atoms with E-state index in [1.165, 1.54) is 19.3 Å². The largest absolute Gasteiger partial charge is 0.377 e. The lowest BCUT2D eigenvalue weighted by Gasteiger charge is -2.28. The predicted molar refractivity (Wildman–Crippen MR) is 70.2 cm³/mol. The number of nitrogens with two attached hydrogens (primary N) is 1. The molecule has 1 fully saturated rings. The van der Waals surface area contributed by atoms with Crippen molar-refractivity contribution in [1.29, 1.82) is 0 Å². The summed E-state index contributed by atoms with van der Waals surface area (Å²) in [5.74, 6) is 0. The van der Waals surface area contributed by atoms with Gasteiger partial charge in [0.05, 0.1) is 12.2 Å². The summed E-state index contributed by atoms with van der Waals surface area (Å²) >= 11 is 0. The molecule has 0 saturated carbocycles. The second-order valence-corrected chi connectivity index (χ2v) is 4.85. The fraction of sp³-hybridized carbons (Fsp3) is 1.00. The highest BCUT2D eigenvalue weighted by Crippen LogP contribution is 2.13. The average molecular weight is 244 g/mol. The van der Waals surface area contributed by atoms with Gasteiger partial charge in [-0.2, -0.15) is 0 Å². The number of rotatable bonds is 8. The van der Waals surface area contributed by atoms with E-state index >= 15 is 0 Å². The normalized spacial score (nSPS) is 22.9. The van der Waals surface area contributed by atoms with Crippen molar-refractivity contribution < 1.29 is 9.47 Å². The molecule has 1 aliphatic heterocycles. The van der Waals surface area contributed by atoms with Crippen molar-refractivity contribution in [3.63, 3.8) is 0 Å². The molecule has 4 nitrogen and oxygen atoms in total. The van der Waals surface area contributed by atoms with Crippen LogP contribution in [0.15, 0.2) is 0 Å². The molecule has 17 heavy (non-hydrogen) atoms. The molecule has 2 N–H and O–H groups in total. The zero-order valence-electron chi connectivity index (χ0n) is 11.4. The number of ether oxygens (including phenoxy) is 2. The Morgan fingerprint density at radius 2 is 2.29 bits per heavy atom. The van der Waals surface area contributed by atoms with E-state index in [0.717, 1.165) is 32.7 Å². The van der Waals surface area contributed by atoms with E-state index in [1.807, 2.05) is 6.92 Å². The van der Waals surface area contributed by atoms with Crippen molar-refractivity contribution in [2.24, 2.45) is 5.73 Å². The molecular formula is C13H28N2O2. The fourth-order valence-corrected chi connectivity index (χ4v) is 2.26. The van der Waals surface area contributed by atoms with Gasteiger partial charge in [0, 0.05) is 32.8 Å². The Morgan fingerprint density at radius 1 is 1.47 bits per heavy atom. The lowest BCUT2D eigenvalue weighted by molar-refractivity contribution is -0.00534. The van der Waals surface area contributed by atoms with Gasteiger partial charge in [-0.25, -0.2) is 0 Å². The van der Waals surface area contributed by atoms with Crippen LogP contribution in [-0.2, 0) is 9.47 Å². The molecule has 1 saturated heterocycles. The van der Waals surface area contributed by atoms with Crippen molar-refractivity contribution >= 4 is 0 Å². The van der Waals surface area contributed by atoms with E-state index in [9.17, 15) is 0 Å². The summed E-state index contributed by atoms with van der Waals surface area (Å²) in [6.07, 6.45) is 5.37. The summed E-state index contributed by atoms with van der Waals surface area (Å²) in [5.41, 5.74) is 5.66. The van der Waals surface area contributed by atoms with Gasteiger partial charge >= 0.3 is 0 Å². The first-order valence-corrected chi connectivity index (χ1v) is 6.88. The van der Waals surface area contributed by atoms with E-state index in [1.54, 1.807) is 0 Å². The van der Waals surface area contributed by atoms with Crippen LogP contribution in [-0.4, -0.2) is 57.0 Å². The topological polar surface area (TPSA) is 47.7 Å². The molecule has 0 aliphatic carbocycles. The summed E-state index contributed by atoms with van der Waals surface area (Å²) in [6, 6.07) is 0. The van der Waals surface area contributed by atoms with Crippen LogP contribution in [0.3, 0.4) is 0 Å². The lowest BCUT2D eigenvalue weighted by atomic mass is 10.1. The first-order chi connectivity index (χ1) is 8.26. The summed E-state index contributed by atoms with van der Waals surface area (Å²) in [5, 5.41) is 0. The van der Waals surface area contributed by atoms with Crippen LogP contribution in [0.1, 0.15) is 32.6 Å². The van der Waals surface area contributed by atoms with E-state index in [2.05, 4.69) is 11.9 Å². The molecule has 0 aromatic rings. The zero-order valence-corrected chi connectivity index (χ0v) is 11.4. The van der Waals surface area contributed by atoms with Gasteiger partial charge in [0.1, 0.15) is 0 Å². The molecule has 2 unspecified atom stereocenters. The Labute approximate surface area is 105 Å². The summed E-state index contributed by atoms with van der Waals surface area (Å²) in [4.78, 5) is 2.33. The van der Waals surface area contributed by atoms with Crippen molar-refractivity contribution in [3.05, 3.63) is 0 Å². The van der Waals surface area contributed by atoms with E-state index < -0.39 is 0 Å². The highest BCUT2D eigenvalue weighted by atomic mass is 16.5. The molecule has 1 heterocycles. The van der Waals surface area contributed by atoms with E-state index in [4.69, 9.17) is 15.2 Å². The maximum atomic E-state index is 5.73. The lowest BCUT2D eigenvalue weighted by Crippen LogP contribution is -2.36. The van der Waals surface area contributed by atoms with Crippen molar-refractivity contribution in [3.8, 4) is 0 Å². The molecule has 0 aromatic carbocycles. The second-order valence-electron chi connectivity index (χ2n) is 4.85. The molecule has 2 atom stereocenters. The van der Waals surface area contributed by atoms with E-state index in [-0.39, 0.29) is 6.10 Å². The first kappa shape index (κ1) is 14.9. The highest BCUT2D eigenvalue weighted by molar-refractivity contribution is 4.69. The fourth-order valence-electron chi connectivity index (χ4n) is 2.26. The van der Waals surface area contributed by atoms with Crippen LogP contribution >= 0.6 is 0 Å². The highest BCUT2D eigenvalue weighted by Gasteiger charge is 2.16. The molecule has 4 heteroatoms. The maximum absolute atomic E-state index is 5.73. The van der Waals surface area contributed by atoms with Gasteiger partial charge in [0.2, 0.25) is 0 Å². The quantitative estimate of drug-likeness (QED) is 0.698. The number of likely N-dealkylation sites (N-methyl/N-ethyl adjacent to an activating group) is 1. The summed E-state index contributed by atoms with van der Waals surface area (Å²) in [6.45, 7) is 6.37. The van der Waals surface area contributed by atoms with Crippen molar-refractivity contribution in [1.82, 2.24) is 4.90 Å². The van der Waals surface area contributed by atoms with Gasteiger partial charge in [-0.3, -0.25) is 0 Å². The minimum atomic E-state index is 0.203. The minimum absolute atomic E-state index is 0.203. The first-order valence-electron chi connectivity index (χ1n) is 6.88. The maximum Gasteiger partial charge on any atom is 0.0709 e. The molecule has 0 spiro atoms. The Hall–Kier alpha value is -0.160. The molecule has 102 valence electrons. The molecule has 0 radical (unpaired) electrons. The number of hydrogen-bond donors (Lipinski definition) is 1. The van der Waals surface area contributed by atoms with Crippen molar-refractivity contribution in [2.45, 2.75) is 44.8 Å². The molecule has 0 aromatic heterocycles. The van der Waals surface area contributed by atoms with Crippen LogP contribution in [0.4, 0.5) is 0 Å². The van der Waals surface area contributed by atoms with Gasteiger partial charge < -0.3 is 20.1 Å². The summed E-state index contributed by atoms with van der Waals surface area (Å²) in [7, 11) is 2.15. The van der Waals surface area contributed by atoms with Crippen LogP contribution < -0.4 is 5.73 Å². The third-order valence-corrected chi connectivity index (χ3v) is 3.29. The smallest absolute Gasteiger partial charge is 0.0709 e. The Bertz CT molecular complexity index is 184. The monoisotopic (exact) mass is 244 g/mol. The molecule has 0 amide bonds. The van der Waals surface area contributed by atoms with Gasteiger partial charge in [-0.05, 0) is 39.7 Å². The Kier molecular flexibility index (Phi) is 7.77. The molecule has 1 rings (SSSR count). The Balaban J connectivity index is 2.12. The third-order valence-electron chi connectivity index (χ3n) is 3.29.